The summed E-state index contributed by atoms with van der Waals surface area (Å²) in [6.45, 7) is 1.93. The summed E-state index contributed by atoms with van der Waals surface area (Å²) >= 11 is 6.14. The highest BCUT2D eigenvalue weighted by molar-refractivity contribution is 6.30. The monoisotopic (exact) mass is 418 g/mol. The highest BCUT2D eigenvalue weighted by Crippen LogP contribution is 2.46. The Hall–Kier alpha value is -2.19. The molecule has 3 aromatic heterocycles. The van der Waals surface area contributed by atoms with Crippen LogP contribution in [-0.2, 0) is 5.92 Å². The molecule has 2 fully saturated rings. The Morgan fingerprint density at radius 2 is 2.07 bits per heavy atom. The Balaban J connectivity index is 1.62. The smallest absolute Gasteiger partial charge is 0.303 e. The van der Waals surface area contributed by atoms with Crippen LogP contribution < -0.4 is 0 Å². The van der Waals surface area contributed by atoms with E-state index in [9.17, 15) is 8.78 Å². The molecule has 1 aliphatic heterocycles. The summed E-state index contributed by atoms with van der Waals surface area (Å²) < 4.78 is 29.1. The third-order valence-electron chi connectivity index (χ3n) is 6.27. The SMILES string of the molecule is CN1CCC2CC(c3nn(-c4ccnc(C(C)(F)F)n4)c4cc(Cl)ncc34)CC21. The second kappa shape index (κ2) is 6.67. The lowest BCUT2D eigenvalue weighted by atomic mass is 9.98. The van der Waals surface area contributed by atoms with E-state index in [1.165, 1.54) is 12.6 Å². The first-order valence-corrected chi connectivity index (χ1v) is 10.1. The van der Waals surface area contributed by atoms with Gasteiger partial charge in [-0.15, -0.1) is 0 Å². The summed E-state index contributed by atoms with van der Waals surface area (Å²) in [6, 6.07) is 3.86. The standard InChI is InChI=1S/C20H21ClF2N6/c1-20(22,23)19-24-5-3-17(26-19)29-15-9-16(21)25-10-13(15)18(27-29)12-7-11-4-6-28(2)14(11)8-12/h3,5,9-12,14H,4,6-8H2,1-2H3. The van der Waals surface area contributed by atoms with Crippen molar-refractivity contribution < 1.29 is 8.78 Å². The Bertz CT molecular complexity index is 1080. The zero-order chi connectivity index (χ0) is 20.3. The fraction of sp³-hybridized carbons (Fsp3) is 0.500. The Morgan fingerprint density at radius 1 is 1.24 bits per heavy atom. The van der Waals surface area contributed by atoms with Gasteiger partial charge in [0.25, 0.3) is 0 Å². The van der Waals surface area contributed by atoms with E-state index in [2.05, 4.69) is 26.9 Å². The first-order chi connectivity index (χ1) is 13.8. The molecular formula is C20H21ClF2N6. The van der Waals surface area contributed by atoms with Crippen molar-refractivity contribution in [1.29, 1.82) is 0 Å². The molecule has 2 aliphatic rings. The van der Waals surface area contributed by atoms with Crippen molar-refractivity contribution in [1.82, 2.24) is 29.6 Å². The van der Waals surface area contributed by atoms with Crippen LogP contribution in [0.25, 0.3) is 16.7 Å². The van der Waals surface area contributed by atoms with Crippen LogP contribution in [0.4, 0.5) is 8.78 Å². The van der Waals surface area contributed by atoms with Gasteiger partial charge < -0.3 is 4.90 Å². The Kier molecular flexibility index (Phi) is 4.33. The van der Waals surface area contributed by atoms with Crippen molar-refractivity contribution in [2.45, 2.75) is 44.1 Å². The average Bonchev–Trinajstić information content (AvgIpc) is 3.35. The van der Waals surface area contributed by atoms with E-state index in [0.29, 0.717) is 28.8 Å². The molecule has 0 radical (unpaired) electrons. The minimum absolute atomic E-state index is 0.297. The predicted molar refractivity (Wildman–Crippen MR) is 106 cm³/mol. The van der Waals surface area contributed by atoms with E-state index < -0.39 is 11.7 Å². The fourth-order valence-corrected chi connectivity index (χ4v) is 5.03. The first kappa shape index (κ1) is 18.8. The largest absolute Gasteiger partial charge is 0.303 e. The molecule has 6 nitrogen and oxygen atoms in total. The zero-order valence-electron chi connectivity index (χ0n) is 16.2. The lowest BCUT2D eigenvalue weighted by Gasteiger charge is -2.18. The van der Waals surface area contributed by atoms with Crippen LogP contribution in [0.5, 0.6) is 0 Å². The van der Waals surface area contributed by atoms with Gasteiger partial charge in [-0.3, -0.25) is 0 Å². The number of nitrogens with zero attached hydrogens (tertiary/aromatic N) is 6. The quantitative estimate of drug-likeness (QED) is 0.597. The highest BCUT2D eigenvalue weighted by atomic mass is 35.5. The van der Waals surface area contributed by atoms with Crippen molar-refractivity contribution in [3.63, 3.8) is 0 Å². The average molecular weight is 419 g/mol. The van der Waals surface area contributed by atoms with E-state index in [-0.39, 0.29) is 0 Å². The van der Waals surface area contributed by atoms with Gasteiger partial charge in [-0.25, -0.2) is 19.6 Å². The summed E-state index contributed by atoms with van der Waals surface area (Å²) in [5.41, 5.74) is 1.66. The summed E-state index contributed by atoms with van der Waals surface area (Å²) in [7, 11) is 2.18. The maximum absolute atomic E-state index is 13.8. The number of alkyl halides is 2. The van der Waals surface area contributed by atoms with Crippen molar-refractivity contribution in [3.8, 4) is 5.82 Å². The molecule has 1 aliphatic carbocycles. The molecule has 3 unspecified atom stereocenters. The molecule has 0 spiro atoms. The van der Waals surface area contributed by atoms with Gasteiger partial charge in [0.05, 0.1) is 11.2 Å². The number of hydrogen-bond acceptors (Lipinski definition) is 5. The van der Waals surface area contributed by atoms with Gasteiger partial charge in [-0.2, -0.15) is 13.9 Å². The third-order valence-corrected chi connectivity index (χ3v) is 6.48. The van der Waals surface area contributed by atoms with E-state index in [1.54, 1.807) is 23.0 Å². The molecule has 1 saturated heterocycles. The second-order valence-corrected chi connectivity index (χ2v) is 8.60. The predicted octanol–water partition coefficient (Wildman–Crippen LogP) is 4.17. The topological polar surface area (TPSA) is 59.7 Å². The molecule has 3 atom stereocenters. The van der Waals surface area contributed by atoms with Gasteiger partial charge in [-0.05, 0) is 38.8 Å². The van der Waals surface area contributed by atoms with E-state index >= 15 is 0 Å². The van der Waals surface area contributed by atoms with Crippen LogP contribution >= 0.6 is 11.6 Å². The minimum Gasteiger partial charge on any atom is -0.303 e. The van der Waals surface area contributed by atoms with Crippen molar-refractivity contribution in [3.05, 3.63) is 41.2 Å². The molecule has 0 N–H and O–H groups in total. The lowest BCUT2D eigenvalue weighted by molar-refractivity contribution is 0.00763. The van der Waals surface area contributed by atoms with E-state index in [1.807, 2.05) is 0 Å². The molecule has 152 valence electrons. The molecule has 9 heteroatoms. The van der Waals surface area contributed by atoms with Crippen LogP contribution in [0.3, 0.4) is 0 Å². The number of hydrogen-bond donors (Lipinski definition) is 0. The molecule has 5 rings (SSSR count). The molecule has 0 aromatic carbocycles. The van der Waals surface area contributed by atoms with Crippen LogP contribution in [0.15, 0.2) is 24.5 Å². The maximum Gasteiger partial charge on any atom is 0.303 e. The van der Waals surface area contributed by atoms with Gasteiger partial charge in [0.1, 0.15) is 5.15 Å². The van der Waals surface area contributed by atoms with Crippen LogP contribution in [0.1, 0.15) is 43.6 Å². The van der Waals surface area contributed by atoms with Crippen LogP contribution in [0, 0.1) is 5.92 Å². The lowest BCUT2D eigenvalue weighted by Crippen LogP contribution is -2.25. The number of likely N-dealkylation sites (tertiary alicyclic amines) is 1. The van der Waals surface area contributed by atoms with Gasteiger partial charge in [0, 0.05) is 48.8 Å². The van der Waals surface area contributed by atoms with Gasteiger partial charge >= 0.3 is 5.92 Å². The molecule has 0 bridgehead atoms. The van der Waals surface area contributed by atoms with Crippen molar-refractivity contribution in [2.75, 3.05) is 13.6 Å². The Labute approximate surface area is 171 Å². The van der Waals surface area contributed by atoms with Gasteiger partial charge in [0.15, 0.2) is 5.82 Å². The fourth-order valence-electron chi connectivity index (χ4n) is 4.87. The van der Waals surface area contributed by atoms with E-state index in [4.69, 9.17) is 16.7 Å². The van der Waals surface area contributed by atoms with Crippen LogP contribution in [0.2, 0.25) is 5.15 Å². The summed E-state index contributed by atoms with van der Waals surface area (Å²) in [5.74, 6) is -2.39. The van der Waals surface area contributed by atoms with E-state index in [0.717, 1.165) is 42.9 Å². The Morgan fingerprint density at radius 3 is 2.83 bits per heavy atom. The normalized spacial score (nSPS) is 25.1. The third kappa shape index (κ3) is 3.18. The summed E-state index contributed by atoms with van der Waals surface area (Å²) in [5, 5.41) is 6.04. The van der Waals surface area contributed by atoms with Crippen molar-refractivity contribution in [2.24, 2.45) is 5.92 Å². The second-order valence-electron chi connectivity index (χ2n) is 8.21. The minimum atomic E-state index is -3.13. The molecule has 0 amide bonds. The number of halogens is 3. The first-order valence-electron chi connectivity index (χ1n) is 9.77. The molecule has 4 heterocycles. The molecular weight excluding hydrogens is 398 g/mol. The molecule has 3 aromatic rings. The number of pyridine rings is 1. The number of aromatic nitrogens is 5. The summed E-state index contributed by atoms with van der Waals surface area (Å²) in [4.78, 5) is 14.5. The van der Waals surface area contributed by atoms with Crippen molar-refractivity contribution >= 4 is 22.5 Å². The highest BCUT2D eigenvalue weighted by Gasteiger charge is 2.42. The van der Waals surface area contributed by atoms with Crippen LogP contribution in [-0.4, -0.2) is 49.3 Å². The molecule has 29 heavy (non-hydrogen) atoms. The van der Waals surface area contributed by atoms with Gasteiger partial charge in [-0.1, -0.05) is 11.6 Å². The maximum atomic E-state index is 13.8. The number of rotatable bonds is 3. The molecule has 1 saturated carbocycles. The zero-order valence-corrected chi connectivity index (χ0v) is 16.9. The number of fused-ring (bicyclic) bond motifs is 2. The van der Waals surface area contributed by atoms with Gasteiger partial charge in [0.2, 0.25) is 5.82 Å². The summed E-state index contributed by atoms with van der Waals surface area (Å²) in [6.07, 6.45) is 6.38.